The molecule has 3 rings (SSSR count). The number of phenols is 2. The van der Waals surface area contributed by atoms with Crippen molar-refractivity contribution in [2.24, 2.45) is 17.4 Å². The van der Waals surface area contributed by atoms with E-state index in [0.29, 0.717) is 43.2 Å². The Labute approximate surface area is 422 Å². The van der Waals surface area contributed by atoms with E-state index in [1.165, 1.54) is 60.4 Å². The molecule has 25 heteroatoms. The predicted octanol–water partition coefficient (Wildman–Crippen LogP) is -3.21. The van der Waals surface area contributed by atoms with Gasteiger partial charge in [-0.05, 0) is 86.9 Å². The Hall–Kier alpha value is -6.54. The van der Waals surface area contributed by atoms with E-state index in [0.717, 1.165) is 0 Å². The van der Waals surface area contributed by atoms with E-state index in [2.05, 4.69) is 49.8 Å². The minimum absolute atomic E-state index is 0.0143. The second kappa shape index (κ2) is 29.7. The van der Waals surface area contributed by atoms with E-state index in [1.54, 1.807) is 13.8 Å². The Bertz CT molecular complexity index is 2170. The van der Waals surface area contributed by atoms with Gasteiger partial charge in [0.05, 0.1) is 19.3 Å². The summed E-state index contributed by atoms with van der Waals surface area (Å²) in [5.74, 6) is -9.27. The summed E-state index contributed by atoms with van der Waals surface area (Å²) in [5, 5.41) is 66.4. The van der Waals surface area contributed by atoms with E-state index < -0.39 is 127 Å². The molecule has 1 aliphatic rings. The van der Waals surface area contributed by atoms with Crippen LogP contribution >= 0.6 is 12.6 Å². The number of hydrogen-bond donors (Lipinski definition) is 15. The zero-order chi connectivity index (χ0) is 53.7. The summed E-state index contributed by atoms with van der Waals surface area (Å²) in [4.78, 5) is 122. The molecule has 2 aromatic carbocycles. The van der Waals surface area contributed by atoms with Crippen molar-refractivity contribution in [1.29, 1.82) is 0 Å². The fourth-order valence-electron chi connectivity index (χ4n) is 7.63. The minimum atomic E-state index is -1.73. The first-order valence-electron chi connectivity index (χ1n) is 23.7. The van der Waals surface area contributed by atoms with Crippen molar-refractivity contribution < 1.29 is 68.7 Å². The SMILES string of the molecule is CC[C@H](C)[C@H](NC(=O)[C@H](CO)NC(=O)[C@H](Cc1ccc(O)cc1)NC(=O)[C@H](Cc1ccc(O)cc1)NC(=O)[C@@H]1CCCN1C(=O)[C@H](C)N)C(=O)N[C@@H](CCCCN)C(=O)N[C@@H](CS)C(=O)N[C@@H](CO)C(=O)O. The van der Waals surface area contributed by atoms with Crippen LogP contribution in [0.15, 0.2) is 48.5 Å². The lowest BCUT2D eigenvalue weighted by Gasteiger charge is -2.29. The van der Waals surface area contributed by atoms with Crippen LogP contribution in [-0.4, -0.2) is 170 Å². The molecule has 1 saturated heterocycles. The molecular weight excluding hydrogens is 961 g/mol. The van der Waals surface area contributed by atoms with Crippen LogP contribution < -0.4 is 48.7 Å². The molecule has 1 fully saturated rings. The largest absolute Gasteiger partial charge is 0.508 e. The summed E-state index contributed by atoms with van der Waals surface area (Å²) >= 11 is 4.09. The fourth-order valence-corrected chi connectivity index (χ4v) is 7.89. The third-order valence-corrected chi connectivity index (χ3v) is 12.4. The van der Waals surface area contributed by atoms with E-state index in [4.69, 9.17) is 11.5 Å². The van der Waals surface area contributed by atoms with Crippen molar-refractivity contribution in [3.63, 3.8) is 0 Å². The van der Waals surface area contributed by atoms with Gasteiger partial charge < -0.3 is 79.1 Å². The van der Waals surface area contributed by atoms with Crippen molar-refractivity contribution in [2.75, 3.05) is 32.1 Å². The number of carboxylic acids is 1. The molecule has 0 aliphatic carbocycles. The number of unbranched alkanes of at least 4 members (excludes halogenated alkanes) is 1. The van der Waals surface area contributed by atoms with E-state index >= 15 is 0 Å². The third-order valence-electron chi connectivity index (χ3n) is 12.0. The number of thiol groups is 1. The van der Waals surface area contributed by atoms with E-state index in [9.17, 15) is 68.7 Å². The Kier molecular flexibility index (Phi) is 24.7. The topological polar surface area (TPSA) is 394 Å². The number of hydrogen-bond acceptors (Lipinski definition) is 16. The number of benzene rings is 2. The monoisotopic (exact) mass is 1030 g/mol. The van der Waals surface area contributed by atoms with Gasteiger partial charge in [0, 0.05) is 25.1 Å². The van der Waals surface area contributed by atoms with Crippen LogP contribution in [0.4, 0.5) is 0 Å². The Morgan fingerprint density at radius 1 is 0.653 bits per heavy atom. The highest BCUT2D eigenvalue weighted by Gasteiger charge is 2.39. The van der Waals surface area contributed by atoms with Crippen LogP contribution in [0.3, 0.4) is 0 Å². The van der Waals surface area contributed by atoms with Crippen LogP contribution in [0.2, 0.25) is 0 Å². The van der Waals surface area contributed by atoms with Gasteiger partial charge in [0.15, 0.2) is 0 Å². The van der Waals surface area contributed by atoms with Gasteiger partial charge in [0.25, 0.3) is 0 Å². The van der Waals surface area contributed by atoms with Crippen LogP contribution in [0.5, 0.6) is 11.5 Å². The number of aromatic hydroxyl groups is 2. The average molecular weight is 1030 g/mol. The first-order chi connectivity index (χ1) is 34.2. The Balaban J connectivity index is 1.89. The molecule has 8 amide bonds. The number of nitrogens with zero attached hydrogens (tertiary/aromatic N) is 1. The molecule has 0 saturated carbocycles. The summed E-state index contributed by atoms with van der Waals surface area (Å²) in [6, 6.07) is -0.728. The van der Waals surface area contributed by atoms with Gasteiger partial charge in [-0.25, -0.2) is 4.79 Å². The lowest BCUT2D eigenvalue weighted by Crippen LogP contribution is -2.62. The van der Waals surface area contributed by atoms with Crippen molar-refractivity contribution in [1.82, 2.24) is 42.1 Å². The highest BCUT2D eigenvalue weighted by Crippen LogP contribution is 2.20. The standard InChI is InChI=1S/C47H70N10O14S/c1-4-25(2)38(45(68)50-31(8-5-6-18-48)39(62)55-36(24-72)43(66)54-35(23-59)47(70)71)56-42(65)34(22-58)53-41(64)32(20-27-10-14-29(60)15-11-27)51-40(63)33(21-28-12-16-30(61)17-13-28)52-44(67)37-9-7-19-57(37)46(69)26(3)49/h10-17,25-26,31-38,58-61,72H,4-9,18-24,48-49H2,1-3H3,(H,50,68)(H,51,63)(H,52,67)(H,53,64)(H,54,66)(H,55,62)(H,56,65)(H,70,71)/t25-,26-,31-,32-,33-,34-,35-,36-,37-,38-/m0/s1. The number of rotatable bonds is 29. The van der Waals surface area contributed by atoms with Gasteiger partial charge in [0.1, 0.15) is 59.8 Å². The van der Waals surface area contributed by atoms with E-state index in [-0.39, 0.29) is 49.6 Å². The minimum Gasteiger partial charge on any atom is -0.508 e. The zero-order valence-electron chi connectivity index (χ0n) is 40.5. The average Bonchev–Trinajstić information content (AvgIpc) is 3.85. The normalized spacial score (nSPS) is 17.0. The first kappa shape index (κ1) is 59.8. The summed E-state index contributed by atoms with van der Waals surface area (Å²) in [6.07, 6.45) is 1.50. The number of carboxylic acid groups (broad SMARTS) is 1. The molecule has 10 atom stereocenters. The van der Waals surface area contributed by atoms with Crippen molar-refractivity contribution in [3.05, 3.63) is 59.7 Å². The number of carbonyl (C=O) groups excluding carboxylic acids is 8. The first-order valence-corrected chi connectivity index (χ1v) is 24.3. The Morgan fingerprint density at radius 3 is 1.60 bits per heavy atom. The predicted molar refractivity (Wildman–Crippen MR) is 264 cm³/mol. The van der Waals surface area contributed by atoms with Crippen molar-refractivity contribution >= 4 is 65.9 Å². The number of amides is 8. The molecular formula is C47H70N10O14S. The smallest absolute Gasteiger partial charge is 0.328 e. The molecule has 1 aliphatic heterocycles. The molecule has 398 valence electrons. The van der Waals surface area contributed by atoms with Crippen LogP contribution in [0.1, 0.15) is 70.4 Å². The maximum atomic E-state index is 14.3. The number of nitrogens with two attached hydrogens (primary N) is 2. The molecule has 0 bridgehead atoms. The summed E-state index contributed by atoms with van der Waals surface area (Å²) in [5.41, 5.74) is 12.4. The number of nitrogens with one attached hydrogen (secondary N) is 7. The molecule has 0 aromatic heterocycles. The second-order valence-corrected chi connectivity index (χ2v) is 18.0. The molecule has 0 unspecified atom stereocenters. The van der Waals surface area contributed by atoms with Crippen LogP contribution in [-0.2, 0) is 56.0 Å². The molecule has 24 nitrogen and oxygen atoms in total. The maximum absolute atomic E-state index is 14.3. The molecule has 2 aromatic rings. The number of aliphatic hydroxyl groups excluding tert-OH is 2. The number of phenolic OH excluding ortho intramolecular Hbond substituents is 2. The van der Waals surface area contributed by atoms with Gasteiger partial charge in [-0.1, -0.05) is 44.5 Å². The maximum Gasteiger partial charge on any atom is 0.328 e. The molecule has 0 radical (unpaired) electrons. The van der Waals surface area contributed by atoms with Gasteiger partial charge in [0.2, 0.25) is 47.3 Å². The van der Waals surface area contributed by atoms with E-state index in [1.807, 2.05) is 0 Å². The third kappa shape index (κ3) is 18.3. The summed E-state index contributed by atoms with van der Waals surface area (Å²) in [7, 11) is 0. The van der Waals surface area contributed by atoms with Crippen LogP contribution in [0, 0.1) is 5.92 Å². The number of aliphatic carboxylic acids is 1. The molecule has 0 spiro atoms. The van der Waals surface area contributed by atoms with Gasteiger partial charge in [-0.2, -0.15) is 12.6 Å². The fraction of sp³-hybridized carbons (Fsp3) is 0.553. The second-order valence-electron chi connectivity index (χ2n) is 17.6. The van der Waals surface area contributed by atoms with Gasteiger partial charge in [-0.15, -0.1) is 0 Å². The van der Waals surface area contributed by atoms with Gasteiger partial charge in [-0.3, -0.25) is 38.4 Å². The lowest BCUT2D eigenvalue weighted by atomic mass is 9.97. The van der Waals surface area contributed by atoms with Gasteiger partial charge >= 0.3 is 5.97 Å². The Morgan fingerprint density at radius 2 is 1.11 bits per heavy atom. The summed E-state index contributed by atoms with van der Waals surface area (Å²) in [6.45, 7) is 3.41. The van der Waals surface area contributed by atoms with Crippen LogP contribution in [0.25, 0.3) is 0 Å². The summed E-state index contributed by atoms with van der Waals surface area (Å²) < 4.78 is 0. The zero-order valence-corrected chi connectivity index (χ0v) is 41.4. The molecule has 16 N–H and O–H groups in total. The number of carbonyl (C=O) groups is 9. The van der Waals surface area contributed by atoms with Crippen molar-refractivity contribution in [3.8, 4) is 11.5 Å². The number of aliphatic hydroxyl groups is 2. The lowest BCUT2D eigenvalue weighted by molar-refractivity contribution is -0.143. The quantitative estimate of drug-likeness (QED) is 0.0282. The number of likely N-dealkylation sites (tertiary alicyclic amines) is 1. The highest BCUT2D eigenvalue weighted by atomic mass is 32.1. The molecule has 1 heterocycles. The van der Waals surface area contributed by atoms with Crippen molar-refractivity contribution in [2.45, 2.75) is 127 Å². The molecule has 72 heavy (non-hydrogen) atoms. The highest BCUT2D eigenvalue weighted by molar-refractivity contribution is 7.80.